The molecule has 4 rings (SSSR count). The summed E-state index contributed by atoms with van der Waals surface area (Å²) in [7, 11) is 1.18. The van der Waals surface area contributed by atoms with Crippen molar-refractivity contribution in [2.24, 2.45) is 0 Å². The first kappa shape index (κ1) is 27.1. The van der Waals surface area contributed by atoms with Gasteiger partial charge in [0, 0.05) is 6.07 Å². The van der Waals surface area contributed by atoms with Crippen LogP contribution in [0.3, 0.4) is 0 Å². The van der Waals surface area contributed by atoms with Gasteiger partial charge in [-0.15, -0.1) is 0 Å². The largest absolute Gasteiger partial charge is 0.481 e. The summed E-state index contributed by atoms with van der Waals surface area (Å²) in [5.74, 6) is -2.59. The second kappa shape index (κ2) is 11.2. The van der Waals surface area contributed by atoms with Crippen LogP contribution in [-0.2, 0) is 22.7 Å². The van der Waals surface area contributed by atoms with Crippen molar-refractivity contribution in [2.75, 3.05) is 7.11 Å². The Morgan fingerprint density at radius 1 is 1.21 bits per heavy atom. The maximum Gasteiger partial charge on any atom is 0.373 e. The zero-order valence-corrected chi connectivity index (χ0v) is 21.6. The fraction of sp³-hybridized carbons (Fsp3) is 0.120. The minimum Gasteiger partial charge on any atom is -0.481 e. The first-order valence-corrected chi connectivity index (χ1v) is 11.8. The van der Waals surface area contributed by atoms with Crippen LogP contribution >= 0.6 is 15.9 Å². The zero-order valence-electron chi connectivity index (χ0n) is 20.0. The third-order valence-corrected chi connectivity index (χ3v) is 6.02. The highest BCUT2D eigenvalue weighted by atomic mass is 79.9. The number of nitro groups is 1. The van der Waals surface area contributed by atoms with E-state index in [0.717, 1.165) is 11.0 Å². The van der Waals surface area contributed by atoms with E-state index in [4.69, 9.17) is 14.3 Å². The number of hydrogen-bond donors (Lipinski definition) is 2. The number of aromatic carboxylic acids is 1. The summed E-state index contributed by atoms with van der Waals surface area (Å²) in [6, 6.07) is 10.6. The molecule has 0 spiro atoms. The highest BCUT2D eigenvalue weighted by Crippen LogP contribution is 2.37. The Kier molecular flexibility index (Phi) is 7.76. The Balaban J connectivity index is 1.54. The van der Waals surface area contributed by atoms with Crippen LogP contribution in [0.4, 0.5) is 10.5 Å². The molecule has 1 saturated heterocycles. The topological polar surface area (TPSA) is 179 Å². The summed E-state index contributed by atoms with van der Waals surface area (Å²) in [4.78, 5) is 60.0. The number of imide groups is 1. The molecule has 1 aliphatic heterocycles. The van der Waals surface area contributed by atoms with E-state index in [2.05, 4.69) is 26.0 Å². The van der Waals surface area contributed by atoms with Crippen molar-refractivity contribution in [3.05, 3.63) is 97.0 Å². The summed E-state index contributed by atoms with van der Waals surface area (Å²) >= 11 is 3.24. The molecular formula is C25H18BrN3O10. The molecule has 1 aromatic heterocycles. The van der Waals surface area contributed by atoms with Gasteiger partial charge < -0.3 is 24.3 Å². The molecule has 0 aliphatic carbocycles. The third-order valence-electron chi connectivity index (χ3n) is 5.44. The number of halogens is 1. The van der Waals surface area contributed by atoms with E-state index in [9.17, 15) is 29.3 Å². The van der Waals surface area contributed by atoms with Crippen LogP contribution in [0.15, 0.2) is 63.1 Å². The number of urea groups is 1. The number of carboxylic acid groups (broad SMARTS) is 1. The Morgan fingerprint density at radius 2 is 1.97 bits per heavy atom. The van der Waals surface area contributed by atoms with E-state index in [1.807, 2.05) is 0 Å². The van der Waals surface area contributed by atoms with Crippen LogP contribution in [0.2, 0.25) is 0 Å². The number of furan rings is 1. The lowest BCUT2D eigenvalue weighted by Crippen LogP contribution is -2.30. The maximum absolute atomic E-state index is 12.9. The van der Waals surface area contributed by atoms with Gasteiger partial charge in [-0.1, -0.05) is 12.1 Å². The standard InChI is InChI=1S/C25H18BrN3O10/c1-37-24(33)20-6-5-16(39-20)11-28-22(30)18(27-25(28)34)9-14-8-17(26)21(19(10-14)29(35)36)38-12-13-3-2-4-15(7-13)23(31)32/h2-10H,11-12H2,1H3,(H,27,34)(H,31,32)/b18-9-. The summed E-state index contributed by atoms with van der Waals surface area (Å²) < 4.78 is 15.7. The minimum atomic E-state index is -1.12. The van der Waals surface area contributed by atoms with Crippen molar-refractivity contribution in [1.82, 2.24) is 10.2 Å². The van der Waals surface area contributed by atoms with E-state index in [-0.39, 0.29) is 51.7 Å². The van der Waals surface area contributed by atoms with E-state index >= 15 is 0 Å². The number of rotatable bonds is 9. The lowest BCUT2D eigenvalue weighted by atomic mass is 10.1. The number of nitrogens with zero attached hydrogens (tertiary/aromatic N) is 2. The van der Waals surface area contributed by atoms with Gasteiger partial charge in [-0.3, -0.25) is 19.8 Å². The molecule has 0 bridgehead atoms. The number of benzene rings is 2. The smallest absolute Gasteiger partial charge is 0.373 e. The van der Waals surface area contributed by atoms with E-state index in [0.29, 0.717) is 5.56 Å². The molecule has 200 valence electrons. The van der Waals surface area contributed by atoms with E-state index in [1.54, 1.807) is 6.07 Å². The molecule has 39 heavy (non-hydrogen) atoms. The number of carbonyl (C=O) groups is 4. The average molecular weight is 600 g/mol. The number of ether oxygens (including phenoxy) is 2. The Labute approximate surface area is 227 Å². The fourth-order valence-corrected chi connectivity index (χ4v) is 4.20. The lowest BCUT2D eigenvalue weighted by molar-refractivity contribution is -0.386. The molecule has 1 fully saturated rings. The Hall–Kier alpha value is -4.98. The molecule has 2 aromatic carbocycles. The van der Waals surface area contributed by atoms with Gasteiger partial charge in [0.1, 0.15) is 18.1 Å². The lowest BCUT2D eigenvalue weighted by Gasteiger charge is -2.11. The van der Waals surface area contributed by atoms with Crippen LogP contribution < -0.4 is 10.1 Å². The predicted molar refractivity (Wildman–Crippen MR) is 136 cm³/mol. The summed E-state index contributed by atoms with van der Waals surface area (Å²) in [5, 5.41) is 23.3. The molecule has 2 N–H and O–H groups in total. The first-order chi connectivity index (χ1) is 18.6. The molecular weight excluding hydrogens is 582 g/mol. The van der Waals surface area contributed by atoms with Crippen LogP contribution in [0, 0.1) is 10.1 Å². The molecule has 0 radical (unpaired) electrons. The number of nitrogens with one attached hydrogen (secondary N) is 1. The number of amides is 3. The Bertz CT molecular complexity index is 1540. The van der Waals surface area contributed by atoms with Crippen LogP contribution in [0.5, 0.6) is 5.75 Å². The molecule has 2 heterocycles. The van der Waals surface area contributed by atoms with Crippen LogP contribution in [0.25, 0.3) is 6.08 Å². The summed E-state index contributed by atoms with van der Waals surface area (Å²) in [6.07, 6.45) is 1.26. The van der Waals surface area contributed by atoms with Gasteiger partial charge in [0.25, 0.3) is 5.91 Å². The predicted octanol–water partition coefficient (Wildman–Crippen LogP) is 4.11. The number of methoxy groups -OCH3 is 1. The SMILES string of the molecule is COC(=O)c1ccc(CN2C(=O)N/C(=C\c3cc(Br)c(OCc4cccc(C(=O)O)c4)c([N+](=O)[O-])c3)C2=O)o1. The summed E-state index contributed by atoms with van der Waals surface area (Å²) in [6.45, 7) is -0.409. The number of carbonyl (C=O) groups excluding carboxylic acids is 3. The molecule has 1 aliphatic rings. The van der Waals surface area contributed by atoms with Gasteiger partial charge in [-0.2, -0.15) is 0 Å². The molecule has 0 saturated carbocycles. The summed E-state index contributed by atoms with van der Waals surface area (Å²) in [5.41, 5.74) is 0.173. The van der Waals surface area contributed by atoms with E-state index in [1.165, 1.54) is 49.6 Å². The van der Waals surface area contributed by atoms with Gasteiger partial charge >= 0.3 is 23.7 Å². The quantitative estimate of drug-likeness (QED) is 0.119. The van der Waals surface area contributed by atoms with Crippen LogP contribution in [-0.4, -0.2) is 45.9 Å². The third kappa shape index (κ3) is 5.96. The van der Waals surface area contributed by atoms with Gasteiger partial charge in [-0.05, 0) is 63.5 Å². The molecule has 3 aromatic rings. The highest BCUT2D eigenvalue weighted by molar-refractivity contribution is 9.10. The number of nitro benzene ring substituents is 1. The zero-order chi connectivity index (χ0) is 28.3. The maximum atomic E-state index is 12.9. The first-order valence-electron chi connectivity index (χ1n) is 11.0. The molecule has 0 atom stereocenters. The van der Waals surface area contributed by atoms with Gasteiger partial charge in [0.2, 0.25) is 11.5 Å². The van der Waals surface area contributed by atoms with Crippen LogP contribution in [0.1, 0.15) is 37.8 Å². The number of esters is 1. The monoisotopic (exact) mass is 599 g/mol. The molecule has 0 unspecified atom stereocenters. The molecule has 13 nitrogen and oxygen atoms in total. The van der Waals surface area contributed by atoms with Crippen molar-refractivity contribution in [3.8, 4) is 5.75 Å². The average Bonchev–Trinajstić information content (AvgIpc) is 3.47. The van der Waals surface area contributed by atoms with Crippen molar-refractivity contribution in [2.45, 2.75) is 13.2 Å². The van der Waals surface area contributed by atoms with Gasteiger partial charge in [0.15, 0.2) is 0 Å². The number of hydrogen-bond acceptors (Lipinski definition) is 9. The Morgan fingerprint density at radius 3 is 2.67 bits per heavy atom. The number of carboxylic acids is 1. The molecule has 3 amide bonds. The van der Waals surface area contributed by atoms with Gasteiger partial charge in [0.05, 0.1) is 28.6 Å². The second-order valence-electron chi connectivity index (χ2n) is 8.04. The normalized spacial score (nSPS) is 13.9. The highest BCUT2D eigenvalue weighted by Gasteiger charge is 2.34. The molecule has 14 heteroatoms. The fourth-order valence-electron chi connectivity index (χ4n) is 3.62. The minimum absolute atomic E-state index is 0.0416. The van der Waals surface area contributed by atoms with Gasteiger partial charge in [-0.25, -0.2) is 14.4 Å². The van der Waals surface area contributed by atoms with Crippen molar-refractivity contribution in [1.29, 1.82) is 0 Å². The van der Waals surface area contributed by atoms with E-state index < -0.39 is 34.5 Å². The van der Waals surface area contributed by atoms with Crippen molar-refractivity contribution < 1.29 is 43.1 Å². The second-order valence-corrected chi connectivity index (χ2v) is 8.89. The van der Waals surface area contributed by atoms with Crippen molar-refractivity contribution in [3.63, 3.8) is 0 Å². The van der Waals surface area contributed by atoms with Crippen molar-refractivity contribution >= 4 is 51.6 Å².